The average molecular weight is 1920 g/mol. The van der Waals surface area contributed by atoms with Crippen LogP contribution in [-0.4, -0.2) is 14.2 Å². The Bertz CT molecular complexity index is 8320. The van der Waals surface area contributed by atoms with Gasteiger partial charge in [-0.3, -0.25) is 0 Å². The highest BCUT2D eigenvalue weighted by atomic mass is 16.5. The number of fused-ring (bicyclic) bond motifs is 8. The van der Waals surface area contributed by atoms with Gasteiger partial charge in [0.05, 0.1) is 25.6 Å². The highest BCUT2D eigenvalue weighted by Crippen LogP contribution is 2.59. The van der Waals surface area contributed by atoms with Gasteiger partial charge in [0.25, 0.3) is 0 Å². The summed E-state index contributed by atoms with van der Waals surface area (Å²) in [5, 5.41) is 0. The lowest BCUT2D eigenvalue weighted by atomic mass is 9.74. The van der Waals surface area contributed by atoms with E-state index in [0.29, 0.717) is 0 Å². The molecule has 0 bridgehead atoms. The zero-order valence-electron chi connectivity index (χ0n) is 87.1. The fraction of sp³-hybridized carbons (Fsp3) is 0.155. The summed E-state index contributed by atoms with van der Waals surface area (Å²) in [5.41, 5.74) is 48.9. The fourth-order valence-electron chi connectivity index (χ4n) is 24.8. The Hall–Kier alpha value is -16.8. The van der Waals surface area contributed by atoms with E-state index in [1.165, 1.54) is 156 Å². The van der Waals surface area contributed by atoms with Crippen molar-refractivity contribution in [2.24, 2.45) is 0 Å². The number of nitrogens with zero attached hydrogens (tertiary/aromatic N) is 4. The maximum absolute atomic E-state index is 5.47. The zero-order valence-corrected chi connectivity index (χ0v) is 87.1. The lowest BCUT2D eigenvalue weighted by Gasteiger charge is -2.30. The molecule has 20 aromatic rings. The van der Waals surface area contributed by atoms with Crippen LogP contribution < -0.4 is 29.1 Å². The number of hydrogen-bond acceptors (Lipinski definition) is 6. The minimum atomic E-state index is -0.186. The quantitative estimate of drug-likeness (QED) is 0.0672. The van der Waals surface area contributed by atoms with E-state index >= 15 is 0 Å². The van der Waals surface area contributed by atoms with E-state index in [0.717, 1.165) is 92.6 Å². The van der Waals surface area contributed by atoms with Gasteiger partial charge in [0.2, 0.25) is 0 Å². The standard InChI is InChI=1S/C84H70N2.C58H54N2O2/c1-81(2)55-84(7,62-41-34-56(35-42-62)57-36-43-63(44-37-57)85(79-32-20-16-26-67(79)59-22-10-8-11-23-59)65-47-49-71-69-28-14-18-30-73(69)82(3,4)76(71)53-65)78-52-61(40-51-75(78)81)58-38-45-64(46-39-58)86(80-33-21-17-27-68(80)60-24-12-9-13-25-60)66-48-50-72-70-29-15-19-31-74(70)83(5,6)77(72)54-66;1-40-8-21-47(22-9-40)59(51-29-33-53(61-6)34-30-51)49-25-14-43(15-26-49)42-12-19-46(20-13-42)58(5)39-57(3,4)55-37-18-45(38-56(55)58)44-16-27-50(28-17-44)60(48-23-10-41(2)11-24-48)52-31-35-54(62-7)36-32-52/h8-54H,55H2,1-7H3;8-38H,39H2,1-7H3. The summed E-state index contributed by atoms with van der Waals surface area (Å²) in [6.45, 7) is 28.3. The molecule has 0 spiro atoms. The van der Waals surface area contributed by atoms with Crippen molar-refractivity contribution in [3.8, 4) is 101 Å². The highest BCUT2D eigenvalue weighted by Gasteiger charge is 2.48. The van der Waals surface area contributed by atoms with E-state index in [-0.39, 0.29) is 32.5 Å². The van der Waals surface area contributed by atoms with Crippen molar-refractivity contribution in [1.82, 2.24) is 0 Å². The second kappa shape index (κ2) is 38.0. The number of benzene rings is 20. The minimum absolute atomic E-state index is 0.00296. The molecule has 6 nitrogen and oxygen atoms in total. The average Bonchev–Trinajstić information content (AvgIpc) is 1.57. The number of hydrogen-bond donors (Lipinski definition) is 0. The SMILES string of the molecule is CC1(C)CC(C)(c2ccc(-c3ccc(N(c4ccc5c(c4)C(C)(C)c4ccccc4-5)c4ccccc4-c4ccccc4)cc3)cc2)c2cc(-c3ccc(N(c4ccc5c(c4)C(C)(C)c4ccccc4-5)c4ccccc4-c4ccccc4)cc3)ccc21.COc1ccc(N(c2ccc(C)cc2)c2ccc(-c3ccc(C4(C)CC(C)(C)c5ccc(-c6ccc(N(c7ccc(C)cc7)c7ccc(OC)cc7)cc6)cc54)cc3)cc2)cc1. The molecule has 0 saturated carbocycles. The first-order chi connectivity index (χ1) is 71.8. The van der Waals surface area contributed by atoms with Crippen LogP contribution in [0.3, 0.4) is 0 Å². The first kappa shape index (κ1) is 94.8. The first-order valence-corrected chi connectivity index (χ1v) is 52.1. The number of anilines is 12. The van der Waals surface area contributed by atoms with E-state index in [1.807, 2.05) is 24.3 Å². The molecular weight excluding hydrogens is 1790 g/mol. The number of ether oxygens (including phenoxy) is 2. The maximum Gasteiger partial charge on any atom is 0.119 e. The summed E-state index contributed by atoms with van der Waals surface area (Å²) < 4.78 is 10.9. The van der Waals surface area contributed by atoms with Gasteiger partial charge in [-0.25, -0.2) is 0 Å². The summed E-state index contributed by atoms with van der Waals surface area (Å²) in [4.78, 5) is 9.50. The van der Waals surface area contributed by atoms with E-state index < -0.39 is 0 Å². The number of aryl methyl sites for hydroxylation is 2. The largest absolute Gasteiger partial charge is 0.497 e. The third-order valence-corrected chi connectivity index (χ3v) is 32.5. The summed E-state index contributed by atoms with van der Waals surface area (Å²) in [5.74, 6) is 1.68. The van der Waals surface area contributed by atoms with Gasteiger partial charge in [-0.15, -0.1) is 0 Å². The van der Waals surface area contributed by atoms with Crippen molar-refractivity contribution in [3.63, 3.8) is 0 Å². The molecule has 6 heteroatoms. The van der Waals surface area contributed by atoms with Crippen molar-refractivity contribution in [2.75, 3.05) is 33.8 Å². The summed E-state index contributed by atoms with van der Waals surface area (Å²) in [7, 11) is 3.41. The van der Waals surface area contributed by atoms with Crippen LogP contribution in [-0.2, 0) is 32.5 Å². The van der Waals surface area contributed by atoms with E-state index in [2.05, 4.69) is 552 Å². The molecule has 0 aromatic heterocycles. The molecule has 4 aliphatic carbocycles. The van der Waals surface area contributed by atoms with Crippen LogP contribution in [0.1, 0.15) is 149 Å². The predicted octanol–water partition coefficient (Wildman–Crippen LogP) is 38.5. The number of methoxy groups -OCH3 is 2. The first-order valence-electron chi connectivity index (χ1n) is 52.1. The van der Waals surface area contributed by atoms with Crippen molar-refractivity contribution < 1.29 is 9.47 Å². The molecule has 0 N–H and O–H groups in total. The lowest BCUT2D eigenvalue weighted by molar-refractivity contribution is 0.414. The summed E-state index contributed by atoms with van der Waals surface area (Å²) in [6, 6.07) is 175. The van der Waals surface area contributed by atoms with E-state index in [9.17, 15) is 0 Å². The summed E-state index contributed by atoms with van der Waals surface area (Å²) >= 11 is 0. The highest BCUT2D eigenvalue weighted by molar-refractivity contribution is 5.95. The van der Waals surface area contributed by atoms with Gasteiger partial charge in [0, 0.05) is 89.7 Å². The second-order valence-electron chi connectivity index (χ2n) is 43.6. The monoisotopic (exact) mass is 1920 g/mol. The topological polar surface area (TPSA) is 31.4 Å². The van der Waals surface area contributed by atoms with Gasteiger partial charge in [-0.05, 0) is 341 Å². The van der Waals surface area contributed by atoms with E-state index in [4.69, 9.17) is 9.47 Å². The molecule has 0 fully saturated rings. The molecule has 4 aliphatic rings. The Labute approximate surface area is 874 Å². The molecule has 0 heterocycles. The van der Waals surface area contributed by atoms with Crippen LogP contribution in [0.5, 0.6) is 11.5 Å². The van der Waals surface area contributed by atoms with E-state index in [1.54, 1.807) is 14.2 Å². The summed E-state index contributed by atoms with van der Waals surface area (Å²) in [6.07, 6.45) is 2.07. The molecule has 24 rings (SSSR count). The van der Waals surface area contributed by atoms with Crippen molar-refractivity contribution in [3.05, 3.63) is 540 Å². The van der Waals surface area contributed by atoms with Crippen LogP contribution in [0.4, 0.5) is 68.2 Å². The van der Waals surface area contributed by atoms with Crippen molar-refractivity contribution in [2.45, 2.75) is 128 Å². The third-order valence-electron chi connectivity index (χ3n) is 32.5. The van der Waals surface area contributed by atoms with Gasteiger partial charge in [0.1, 0.15) is 11.5 Å². The van der Waals surface area contributed by atoms with Crippen LogP contribution in [0.25, 0.3) is 89.0 Å². The molecule has 0 saturated heterocycles. The van der Waals surface area contributed by atoms with Gasteiger partial charge in [0.15, 0.2) is 0 Å². The molecule has 724 valence electrons. The molecule has 20 aromatic carbocycles. The van der Waals surface area contributed by atoms with Crippen LogP contribution in [0.15, 0.2) is 473 Å². The van der Waals surface area contributed by atoms with Gasteiger partial charge in [-0.2, -0.15) is 0 Å². The molecule has 2 atom stereocenters. The Balaban J connectivity index is 0.000000172. The Kier molecular flexibility index (Phi) is 24.3. The van der Waals surface area contributed by atoms with Gasteiger partial charge in [-0.1, -0.05) is 384 Å². The molecule has 148 heavy (non-hydrogen) atoms. The second-order valence-corrected chi connectivity index (χ2v) is 43.6. The molecule has 0 amide bonds. The minimum Gasteiger partial charge on any atom is -0.497 e. The van der Waals surface area contributed by atoms with Gasteiger partial charge < -0.3 is 29.1 Å². The smallest absolute Gasteiger partial charge is 0.119 e. The van der Waals surface area contributed by atoms with Crippen LogP contribution >= 0.6 is 0 Å². The maximum atomic E-state index is 5.47. The Morgan fingerprint density at radius 1 is 0.182 bits per heavy atom. The fourth-order valence-corrected chi connectivity index (χ4v) is 24.8. The zero-order chi connectivity index (χ0) is 102. The molecule has 2 unspecified atom stereocenters. The van der Waals surface area contributed by atoms with Gasteiger partial charge >= 0.3 is 0 Å². The lowest BCUT2D eigenvalue weighted by Crippen LogP contribution is -2.23. The Morgan fingerprint density at radius 2 is 0.432 bits per heavy atom. The number of rotatable bonds is 22. The molecule has 0 aliphatic heterocycles. The predicted molar refractivity (Wildman–Crippen MR) is 623 cm³/mol. The van der Waals surface area contributed by atoms with Crippen LogP contribution in [0.2, 0.25) is 0 Å². The normalized spacial score (nSPS) is 15.7. The van der Waals surface area contributed by atoms with Crippen LogP contribution in [0, 0.1) is 13.8 Å². The number of para-hydroxylation sites is 2. The van der Waals surface area contributed by atoms with Crippen molar-refractivity contribution in [1.29, 1.82) is 0 Å². The van der Waals surface area contributed by atoms with Crippen molar-refractivity contribution >= 4 is 68.2 Å². The molecule has 0 radical (unpaired) electrons. The Morgan fingerprint density at radius 3 is 0.757 bits per heavy atom. The third kappa shape index (κ3) is 17.2. The molecular formula is C142H124N4O2.